The summed E-state index contributed by atoms with van der Waals surface area (Å²) < 4.78 is 6.34. The summed E-state index contributed by atoms with van der Waals surface area (Å²) >= 11 is 0. The molecular weight excluding hydrogens is 464 g/mol. The van der Waals surface area contributed by atoms with Gasteiger partial charge in [0.2, 0.25) is 11.4 Å². The number of nitriles is 2. The molecule has 0 saturated carbocycles. The summed E-state index contributed by atoms with van der Waals surface area (Å²) in [5.41, 5.74) is 4.65. The van der Waals surface area contributed by atoms with Gasteiger partial charge in [-0.05, 0) is 24.3 Å². The lowest BCUT2D eigenvalue weighted by Crippen LogP contribution is -1.98. The number of rotatable bonds is 2. The topological polar surface area (TPSA) is 117 Å². The third kappa shape index (κ3) is 2.57. The lowest BCUT2D eigenvalue weighted by atomic mass is 9.97. The Balaban J connectivity index is 1.62. The van der Waals surface area contributed by atoms with Crippen LogP contribution in [0.1, 0.15) is 11.4 Å². The summed E-state index contributed by atoms with van der Waals surface area (Å²) in [6.07, 6.45) is 0. The summed E-state index contributed by atoms with van der Waals surface area (Å²) in [6, 6.07) is 18.7. The Bertz CT molecular complexity index is 2030. The highest BCUT2D eigenvalue weighted by atomic mass is 16.5. The van der Waals surface area contributed by atoms with Gasteiger partial charge in [0.15, 0.2) is 11.4 Å². The van der Waals surface area contributed by atoms with Crippen molar-refractivity contribution in [3.63, 3.8) is 0 Å². The number of hydrogen-bond acceptors (Lipinski definition) is 7. The van der Waals surface area contributed by atoms with Crippen molar-refractivity contribution in [1.29, 1.82) is 10.5 Å². The highest BCUT2D eigenvalue weighted by Gasteiger charge is 2.39. The van der Waals surface area contributed by atoms with E-state index in [9.17, 15) is 10.5 Å². The normalized spacial score (nSPS) is 11.1. The average Bonchev–Trinajstić information content (AvgIpc) is 3.43. The van der Waals surface area contributed by atoms with Crippen molar-refractivity contribution in [3.8, 4) is 68.7 Å². The van der Waals surface area contributed by atoms with Crippen LogP contribution in [-0.2, 0) is 0 Å². The van der Waals surface area contributed by atoms with E-state index in [-0.39, 0.29) is 23.0 Å². The highest BCUT2D eigenvalue weighted by molar-refractivity contribution is 6.26. The predicted octanol–water partition coefficient (Wildman–Crippen LogP) is 6.35. The van der Waals surface area contributed by atoms with Crippen LogP contribution in [0.3, 0.4) is 0 Å². The van der Waals surface area contributed by atoms with Gasteiger partial charge in [0.05, 0.1) is 11.3 Å². The molecule has 0 bridgehead atoms. The van der Waals surface area contributed by atoms with Gasteiger partial charge in [-0.1, -0.05) is 37.4 Å². The molecule has 0 aliphatic heterocycles. The number of para-hydroxylation sites is 1. The number of benzene rings is 3. The van der Waals surface area contributed by atoms with E-state index < -0.39 is 0 Å². The van der Waals surface area contributed by atoms with Crippen molar-refractivity contribution < 1.29 is 4.74 Å². The molecule has 0 radical (unpaired) electrons. The summed E-state index contributed by atoms with van der Waals surface area (Å²) in [4.78, 5) is 24.8. The Morgan fingerprint density at radius 2 is 1.24 bits per heavy atom. The van der Waals surface area contributed by atoms with Crippen LogP contribution in [0.4, 0.5) is 11.6 Å². The zero-order valence-electron chi connectivity index (χ0n) is 18.6. The Morgan fingerprint density at radius 1 is 0.676 bits per heavy atom. The summed E-state index contributed by atoms with van der Waals surface area (Å²) in [5.74, 6) is 0.928. The van der Waals surface area contributed by atoms with E-state index >= 15 is 0 Å². The maximum atomic E-state index is 9.61. The molecule has 0 N–H and O–H groups in total. The molecule has 0 unspecified atom stereocenters. The van der Waals surface area contributed by atoms with E-state index in [1.165, 1.54) is 0 Å². The SMILES string of the molecule is [C-]#[N+]c1nc2c(nc1[N+]#[C-])-c1cc(Oc3ccccc3)c3c4c(ccc-2c14)-c1nc(C#N)c(C#N)nc1-3. The summed E-state index contributed by atoms with van der Waals surface area (Å²) in [5, 5.41) is 20.8. The van der Waals surface area contributed by atoms with Gasteiger partial charge in [0, 0.05) is 27.5 Å². The first-order chi connectivity index (χ1) is 18.2. The number of fused-ring (bicyclic) bond motifs is 6. The number of ether oxygens (including phenoxy) is 1. The zero-order chi connectivity index (χ0) is 25.3. The molecule has 0 saturated heterocycles. The fourth-order valence-corrected chi connectivity index (χ4v) is 4.95. The van der Waals surface area contributed by atoms with E-state index in [0.717, 1.165) is 21.9 Å². The van der Waals surface area contributed by atoms with Gasteiger partial charge >= 0.3 is 0 Å². The molecule has 9 heteroatoms. The van der Waals surface area contributed by atoms with Crippen molar-refractivity contribution in [2.75, 3.05) is 0 Å². The van der Waals surface area contributed by atoms with E-state index in [4.69, 9.17) is 17.9 Å². The largest absolute Gasteiger partial charge is 0.457 e. The van der Waals surface area contributed by atoms with Gasteiger partial charge in [-0.25, -0.2) is 9.97 Å². The quantitative estimate of drug-likeness (QED) is 0.269. The second-order valence-corrected chi connectivity index (χ2v) is 8.26. The van der Waals surface area contributed by atoms with Crippen LogP contribution in [0.25, 0.3) is 65.5 Å². The first-order valence-corrected chi connectivity index (χ1v) is 10.9. The molecule has 3 aromatic carbocycles. The van der Waals surface area contributed by atoms with Crippen molar-refractivity contribution >= 4 is 22.4 Å². The molecular formula is C28H8N8O. The van der Waals surface area contributed by atoms with Crippen molar-refractivity contribution in [3.05, 3.63) is 82.8 Å². The fraction of sp³-hybridized carbons (Fsp3) is 0. The lowest BCUT2D eigenvalue weighted by molar-refractivity contribution is 0.485. The molecule has 166 valence electrons. The second-order valence-electron chi connectivity index (χ2n) is 8.26. The van der Waals surface area contributed by atoms with E-state index in [2.05, 4.69) is 29.6 Å². The number of aromatic nitrogens is 4. The van der Waals surface area contributed by atoms with Crippen molar-refractivity contribution in [2.45, 2.75) is 0 Å². The Kier molecular flexibility index (Phi) is 3.92. The number of hydrogen-bond donors (Lipinski definition) is 0. The Hall–Kier alpha value is -6.16. The molecule has 2 heterocycles. The minimum absolute atomic E-state index is 0.0538. The Morgan fingerprint density at radius 3 is 1.86 bits per heavy atom. The van der Waals surface area contributed by atoms with Crippen LogP contribution >= 0.6 is 0 Å². The van der Waals surface area contributed by atoms with Crippen molar-refractivity contribution in [1.82, 2.24) is 19.9 Å². The predicted molar refractivity (Wildman–Crippen MR) is 132 cm³/mol. The molecule has 9 nitrogen and oxygen atoms in total. The molecule has 0 spiro atoms. The van der Waals surface area contributed by atoms with Gasteiger partial charge in [-0.3, -0.25) is 0 Å². The molecule has 2 aromatic heterocycles. The van der Waals surface area contributed by atoms with Gasteiger partial charge in [0.1, 0.15) is 29.3 Å². The van der Waals surface area contributed by atoms with Gasteiger partial charge < -0.3 is 14.4 Å². The molecule has 37 heavy (non-hydrogen) atoms. The van der Waals surface area contributed by atoms with Crippen LogP contribution in [-0.4, -0.2) is 19.9 Å². The first-order valence-electron chi connectivity index (χ1n) is 10.9. The van der Waals surface area contributed by atoms with Crippen LogP contribution in [0.2, 0.25) is 0 Å². The van der Waals surface area contributed by atoms with Gasteiger partial charge in [-0.15, -0.1) is 9.97 Å². The van der Waals surface area contributed by atoms with Crippen molar-refractivity contribution in [2.24, 2.45) is 0 Å². The summed E-state index contributed by atoms with van der Waals surface area (Å²) in [7, 11) is 0. The maximum absolute atomic E-state index is 9.61. The fourth-order valence-electron chi connectivity index (χ4n) is 4.95. The minimum Gasteiger partial charge on any atom is -0.457 e. The van der Waals surface area contributed by atoms with E-state index in [0.29, 0.717) is 45.4 Å². The van der Waals surface area contributed by atoms with E-state index in [1.54, 1.807) is 0 Å². The first kappa shape index (κ1) is 20.2. The standard InChI is InChI=1S/C28H8N8O/c1-31-27-28(32-2)36-25-16-10-19(37-13-6-4-3-5-7-13)22-21-15(9-8-14(20(16)21)23(25)35-27)24-26(22)34-18(12-30)17(11-29)33-24/h3-10H. The minimum atomic E-state index is -0.0675. The third-order valence-electron chi connectivity index (χ3n) is 6.40. The van der Waals surface area contributed by atoms with E-state index in [1.807, 2.05) is 60.7 Å². The zero-order valence-corrected chi connectivity index (χ0v) is 18.6. The molecule has 0 fully saturated rings. The average molecular weight is 472 g/mol. The van der Waals surface area contributed by atoms with Gasteiger partial charge in [-0.2, -0.15) is 10.5 Å². The molecule has 2 aliphatic rings. The monoisotopic (exact) mass is 472 g/mol. The van der Waals surface area contributed by atoms with Crippen LogP contribution in [0.5, 0.6) is 11.5 Å². The smallest absolute Gasteiger partial charge is 0.294 e. The molecule has 7 rings (SSSR count). The summed E-state index contributed by atoms with van der Waals surface area (Å²) in [6.45, 7) is 14.9. The molecule has 5 aromatic rings. The lowest BCUT2D eigenvalue weighted by Gasteiger charge is -2.12. The second kappa shape index (κ2) is 7.17. The molecule has 2 aliphatic carbocycles. The van der Waals surface area contributed by atoms with Crippen LogP contribution < -0.4 is 4.74 Å². The highest BCUT2D eigenvalue weighted by Crippen LogP contribution is 2.58. The maximum Gasteiger partial charge on any atom is 0.294 e. The molecule has 0 amide bonds. The molecule has 0 atom stereocenters. The number of nitrogens with zero attached hydrogens (tertiary/aromatic N) is 8. The van der Waals surface area contributed by atoms with Crippen LogP contribution in [0, 0.1) is 35.8 Å². The Labute approximate surface area is 209 Å². The van der Waals surface area contributed by atoms with Gasteiger partial charge in [0.25, 0.3) is 11.6 Å². The van der Waals surface area contributed by atoms with Crippen LogP contribution in [0.15, 0.2) is 48.5 Å². The third-order valence-corrected chi connectivity index (χ3v) is 6.40.